The van der Waals surface area contributed by atoms with Gasteiger partial charge in [0.25, 0.3) is 0 Å². The Kier molecular flexibility index (Phi) is 5.07. The van der Waals surface area contributed by atoms with Gasteiger partial charge in [-0.05, 0) is 53.4 Å². The SMILES string of the molecule is COC(=O)c1ccc(NCc2ccc3[nH]ccc3c2)cc1.Cl. The molecule has 0 aliphatic heterocycles. The molecule has 0 atom stereocenters. The first kappa shape index (κ1) is 15.9. The van der Waals surface area contributed by atoms with Crippen LogP contribution in [-0.2, 0) is 11.3 Å². The molecule has 22 heavy (non-hydrogen) atoms. The van der Waals surface area contributed by atoms with Crippen LogP contribution in [0, 0.1) is 0 Å². The fourth-order valence-corrected chi connectivity index (χ4v) is 2.26. The Morgan fingerprint density at radius 1 is 1.14 bits per heavy atom. The summed E-state index contributed by atoms with van der Waals surface area (Å²) < 4.78 is 4.68. The maximum atomic E-state index is 11.4. The van der Waals surface area contributed by atoms with Crippen LogP contribution in [0.15, 0.2) is 54.7 Å². The summed E-state index contributed by atoms with van der Waals surface area (Å²) in [6.07, 6.45) is 1.94. The Morgan fingerprint density at radius 2 is 1.91 bits per heavy atom. The van der Waals surface area contributed by atoms with Crippen molar-refractivity contribution in [2.24, 2.45) is 0 Å². The van der Waals surface area contributed by atoms with Gasteiger partial charge in [0, 0.05) is 23.9 Å². The number of nitrogens with one attached hydrogen (secondary N) is 2. The highest BCUT2D eigenvalue weighted by Gasteiger charge is 2.04. The first-order chi connectivity index (χ1) is 10.3. The normalized spacial score (nSPS) is 10.0. The second-order valence-electron chi connectivity index (χ2n) is 4.82. The van der Waals surface area contributed by atoms with Crippen LogP contribution in [0.4, 0.5) is 5.69 Å². The van der Waals surface area contributed by atoms with Gasteiger partial charge in [-0.2, -0.15) is 0 Å². The third-order valence-corrected chi connectivity index (χ3v) is 3.42. The molecular weight excluding hydrogens is 300 g/mol. The van der Waals surface area contributed by atoms with E-state index in [0.29, 0.717) is 5.56 Å². The highest BCUT2D eigenvalue weighted by Crippen LogP contribution is 2.16. The standard InChI is InChI=1S/C17H16N2O2.ClH/c1-21-17(20)13-3-5-15(6-4-13)19-11-12-2-7-16-14(10-12)8-9-18-16;/h2-10,18-19H,11H2,1H3;1H. The summed E-state index contributed by atoms with van der Waals surface area (Å²) in [5.41, 5.74) is 3.87. The zero-order valence-electron chi connectivity index (χ0n) is 12.1. The van der Waals surface area contributed by atoms with E-state index in [9.17, 15) is 4.79 Å². The number of carbonyl (C=O) groups excluding carboxylic acids is 1. The number of ether oxygens (including phenoxy) is 1. The van der Waals surface area contributed by atoms with Gasteiger partial charge in [0.15, 0.2) is 0 Å². The molecule has 0 saturated heterocycles. The molecule has 4 nitrogen and oxygen atoms in total. The first-order valence-corrected chi connectivity index (χ1v) is 6.74. The summed E-state index contributed by atoms with van der Waals surface area (Å²) in [5, 5.41) is 4.54. The molecule has 0 saturated carbocycles. The maximum absolute atomic E-state index is 11.4. The molecule has 0 unspecified atom stereocenters. The number of hydrogen-bond acceptors (Lipinski definition) is 3. The number of rotatable bonds is 4. The predicted molar refractivity (Wildman–Crippen MR) is 90.7 cm³/mol. The van der Waals surface area contributed by atoms with Crippen LogP contribution >= 0.6 is 12.4 Å². The maximum Gasteiger partial charge on any atom is 0.337 e. The van der Waals surface area contributed by atoms with Gasteiger partial charge in [-0.3, -0.25) is 0 Å². The molecule has 3 aromatic rings. The van der Waals surface area contributed by atoms with Crippen molar-refractivity contribution in [2.75, 3.05) is 12.4 Å². The van der Waals surface area contributed by atoms with E-state index in [1.165, 1.54) is 18.1 Å². The second kappa shape index (κ2) is 7.00. The summed E-state index contributed by atoms with van der Waals surface area (Å²) in [6.45, 7) is 0.735. The van der Waals surface area contributed by atoms with Crippen LogP contribution in [0.5, 0.6) is 0 Å². The Labute approximate surface area is 134 Å². The van der Waals surface area contributed by atoms with Crippen molar-refractivity contribution < 1.29 is 9.53 Å². The third-order valence-electron chi connectivity index (χ3n) is 3.42. The number of hydrogen-bond donors (Lipinski definition) is 2. The van der Waals surface area contributed by atoms with E-state index in [0.717, 1.165) is 17.7 Å². The molecule has 5 heteroatoms. The number of esters is 1. The molecule has 2 aromatic carbocycles. The van der Waals surface area contributed by atoms with Crippen molar-refractivity contribution in [3.63, 3.8) is 0 Å². The molecule has 2 N–H and O–H groups in total. The summed E-state index contributed by atoms with van der Waals surface area (Å²) in [7, 11) is 1.38. The lowest BCUT2D eigenvalue weighted by Gasteiger charge is -2.07. The zero-order valence-corrected chi connectivity index (χ0v) is 12.9. The fraction of sp³-hybridized carbons (Fsp3) is 0.118. The van der Waals surface area contributed by atoms with Crippen molar-refractivity contribution in [1.29, 1.82) is 0 Å². The molecular formula is C17H17ClN2O2. The van der Waals surface area contributed by atoms with Crippen LogP contribution in [0.1, 0.15) is 15.9 Å². The van der Waals surface area contributed by atoms with E-state index < -0.39 is 0 Å². The Balaban J connectivity index is 0.00000176. The average molecular weight is 317 g/mol. The van der Waals surface area contributed by atoms with E-state index in [2.05, 4.69) is 39.3 Å². The number of benzene rings is 2. The number of H-pyrrole nitrogens is 1. The number of carbonyl (C=O) groups is 1. The number of methoxy groups -OCH3 is 1. The van der Waals surface area contributed by atoms with Gasteiger partial charge >= 0.3 is 5.97 Å². The smallest absolute Gasteiger partial charge is 0.337 e. The van der Waals surface area contributed by atoms with Gasteiger partial charge in [0.05, 0.1) is 12.7 Å². The monoisotopic (exact) mass is 316 g/mol. The van der Waals surface area contributed by atoms with Gasteiger partial charge in [0.1, 0.15) is 0 Å². The quantitative estimate of drug-likeness (QED) is 0.716. The third kappa shape index (κ3) is 3.40. The predicted octanol–water partition coefficient (Wildman–Crippen LogP) is 3.99. The summed E-state index contributed by atoms with van der Waals surface area (Å²) in [4.78, 5) is 14.5. The lowest BCUT2D eigenvalue weighted by molar-refractivity contribution is 0.0601. The lowest BCUT2D eigenvalue weighted by Crippen LogP contribution is -2.02. The van der Waals surface area contributed by atoms with Gasteiger partial charge < -0.3 is 15.0 Å². The van der Waals surface area contributed by atoms with Crippen molar-refractivity contribution >= 4 is 35.0 Å². The zero-order chi connectivity index (χ0) is 14.7. The molecule has 0 fully saturated rings. The second-order valence-corrected chi connectivity index (χ2v) is 4.82. The molecule has 0 bridgehead atoms. The molecule has 0 radical (unpaired) electrons. The van der Waals surface area contributed by atoms with Crippen molar-refractivity contribution in [1.82, 2.24) is 4.98 Å². The highest BCUT2D eigenvalue weighted by molar-refractivity contribution is 5.89. The minimum atomic E-state index is -0.320. The molecule has 3 rings (SSSR count). The van der Waals surface area contributed by atoms with Gasteiger partial charge in [-0.15, -0.1) is 12.4 Å². The lowest BCUT2D eigenvalue weighted by atomic mass is 10.1. The van der Waals surface area contributed by atoms with Crippen LogP contribution in [0.2, 0.25) is 0 Å². The Bertz CT molecular complexity index is 766. The molecule has 0 amide bonds. The summed E-state index contributed by atoms with van der Waals surface area (Å²) in [5.74, 6) is -0.320. The molecule has 114 valence electrons. The van der Waals surface area contributed by atoms with Crippen LogP contribution < -0.4 is 5.32 Å². The Morgan fingerprint density at radius 3 is 2.64 bits per heavy atom. The minimum Gasteiger partial charge on any atom is -0.465 e. The summed E-state index contributed by atoms with van der Waals surface area (Å²) >= 11 is 0. The topological polar surface area (TPSA) is 54.1 Å². The molecule has 0 aliphatic carbocycles. The van der Waals surface area contributed by atoms with Crippen molar-refractivity contribution in [2.45, 2.75) is 6.54 Å². The van der Waals surface area contributed by atoms with Crippen LogP contribution in [0.25, 0.3) is 10.9 Å². The molecule has 0 aliphatic rings. The molecule has 1 aromatic heterocycles. The highest BCUT2D eigenvalue weighted by atomic mass is 35.5. The molecule has 1 heterocycles. The van der Waals surface area contributed by atoms with Gasteiger partial charge in [0.2, 0.25) is 0 Å². The summed E-state index contributed by atoms with van der Waals surface area (Å²) in [6, 6.07) is 15.6. The van der Waals surface area contributed by atoms with E-state index in [1.807, 2.05) is 18.3 Å². The number of anilines is 1. The largest absolute Gasteiger partial charge is 0.465 e. The minimum absolute atomic E-state index is 0. The van der Waals surface area contributed by atoms with E-state index >= 15 is 0 Å². The van der Waals surface area contributed by atoms with E-state index in [4.69, 9.17) is 0 Å². The number of fused-ring (bicyclic) bond motifs is 1. The Hall–Kier alpha value is -2.46. The van der Waals surface area contributed by atoms with E-state index in [1.54, 1.807) is 12.1 Å². The average Bonchev–Trinajstić information content (AvgIpc) is 3.00. The fourth-order valence-electron chi connectivity index (χ4n) is 2.26. The van der Waals surface area contributed by atoms with Crippen LogP contribution in [-0.4, -0.2) is 18.1 Å². The van der Waals surface area contributed by atoms with Crippen molar-refractivity contribution in [3.8, 4) is 0 Å². The van der Waals surface area contributed by atoms with Gasteiger partial charge in [-0.25, -0.2) is 4.79 Å². The molecule has 0 spiro atoms. The number of aromatic nitrogens is 1. The number of halogens is 1. The van der Waals surface area contributed by atoms with Crippen molar-refractivity contribution in [3.05, 3.63) is 65.9 Å². The first-order valence-electron chi connectivity index (χ1n) is 6.74. The van der Waals surface area contributed by atoms with E-state index in [-0.39, 0.29) is 18.4 Å². The van der Waals surface area contributed by atoms with Gasteiger partial charge in [-0.1, -0.05) is 6.07 Å². The van der Waals surface area contributed by atoms with Crippen LogP contribution in [0.3, 0.4) is 0 Å². The number of aromatic amines is 1.